The molecule has 2 heterocycles. The van der Waals surface area contributed by atoms with E-state index in [1.165, 1.54) is 0 Å². The molecular formula is C10H13N2O+. The Morgan fingerprint density at radius 1 is 1.54 bits per heavy atom. The fraction of sp³-hybridized carbons (Fsp3) is 0.300. The highest BCUT2D eigenvalue weighted by Gasteiger charge is 2.23. The number of aromatic nitrogens is 1. The molecule has 0 aliphatic carbocycles. The fourth-order valence-electron chi connectivity index (χ4n) is 1.65. The predicted molar refractivity (Wildman–Crippen MR) is 50.4 cm³/mol. The molecule has 2 N–H and O–H groups in total. The van der Waals surface area contributed by atoms with Gasteiger partial charge < -0.3 is 5.11 Å². The maximum atomic E-state index is 9.58. The van der Waals surface area contributed by atoms with Gasteiger partial charge in [0.25, 0.3) is 0 Å². The normalized spacial score (nSPS) is 20.2. The summed E-state index contributed by atoms with van der Waals surface area (Å²) in [7, 11) is 0. The van der Waals surface area contributed by atoms with Crippen LogP contribution in [-0.4, -0.2) is 5.11 Å². The SMILES string of the molecule is CC1=CC(C)[n+]2cccc(O)c2N1. The molecule has 1 aromatic rings. The highest BCUT2D eigenvalue weighted by atomic mass is 16.3. The number of hydrogen-bond acceptors (Lipinski definition) is 2. The number of nitrogens with zero attached hydrogens (tertiary/aromatic N) is 1. The molecule has 0 radical (unpaired) electrons. The highest BCUT2D eigenvalue weighted by molar-refractivity contribution is 5.49. The van der Waals surface area contributed by atoms with Gasteiger partial charge in [-0.15, -0.1) is 0 Å². The van der Waals surface area contributed by atoms with E-state index in [0.29, 0.717) is 11.8 Å². The number of fused-ring (bicyclic) bond motifs is 1. The second kappa shape index (κ2) is 2.76. The zero-order valence-corrected chi connectivity index (χ0v) is 7.78. The molecule has 1 atom stereocenters. The molecule has 1 aliphatic rings. The minimum absolute atomic E-state index is 0.293. The highest BCUT2D eigenvalue weighted by Crippen LogP contribution is 2.24. The molecule has 0 bridgehead atoms. The lowest BCUT2D eigenvalue weighted by atomic mass is 10.2. The van der Waals surface area contributed by atoms with E-state index in [1.807, 2.05) is 23.8 Å². The van der Waals surface area contributed by atoms with Crippen LogP contribution in [0, 0.1) is 0 Å². The van der Waals surface area contributed by atoms with Gasteiger partial charge in [-0.05, 0) is 26.0 Å². The van der Waals surface area contributed by atoms with Gasteiger partial charge >= 0.3 is 5.82 Å². The lowest BCUT2D eigenvalue weighted by Gasteiger charge is -2.16. The van der Waals surface area contributed by atoms with Crippen LogP contribution < -0.4 is 9.88 Å². The lowest BCUT2D eigenvalue weighted by Crippen LogP contribution is -2.42. The maximum absolute atomic E-state index is 9.58. The second-order valence-corrected chi connectivity index (χ2v) is 3.36. The number of pyridine rings is 1. The van der Waals surface area contributed by atoms with Gasteiger partial charge in [-0.25, -0.2) is 9.88 Å². The fourth-order valence-corrected chi connectivity index (χ4v) is 1.65. The molecule has 1 aromatic heterocycles. The maximum Gasteiger partial charge on any atom is 0.322 e. The zero-order chi connectivity index (χ0) is 9.42. The Morgan fingerprint density at radius 3 is 3.08 bits per heavy atom. The summed E-state index contributed by atoms with van der Waals surface area (Å²) in [5.74, 6) is 1.07. The van der Waals surface area contributed by atoms with Crippen LogP contribution in [0.25, 0.3) is 0 Å². The first-order valence-corrected chi connectivity index (χ1v) is 4.37. The van der Waals surface area contributed by atoms with E-state index >= 15 is 0 Å². The number of allylic oxidation sites excluding steroid dienone is 2. The summed E-state index contributed by atoms with van der Waals surface area (Å²) >= 11 is 0. The first kappa shape index (κ1) is 8.10. The van der Waals surface area contributed by atoms with Crippen molar-refractivity contribution in [3.63, 3.8) is 0 Å². The van der Waals surface area contributed by atoms with Gasteiger partial charge in [0.2, 0.25) is 5.75 Å². The van der Waals surface area contributed by atoms with Crippen molar-refractivity contribution >= 4 is 5.82 Å². The van der Waals surface area contributed by atoms with Crippen LogP contribution >= 0.6 is 0 Å². The van der Waals surface area contributed by atoms with E-state index in [2.05, 4.69) is 18.3 Å². The Hall–Kier alpha value is -1.51. The van der Waals surface area contributed by atoms with Crippen LogP contribution in [0.15, 0.2) is 30.1 Å². The Kier molecular flexibility index (Phi) is 1.72. The lowest BCUT2D eigenvalue weighted by molar-refractivity contribution is -0.697. The monoisotopic (exact) mass is 177 g/mol. The van der Waals surface area contributed by atoms with Crippen molar-refractivity contribution in [2.45, 2.75) is 19.9 Å². The van der Waals surface area contributed by atoms with Gasteiger partial charge in [-0.3, -0.25) is 0 Å². The Morgan fingerprint density at radius 2 is 2.31 bits per heavy atom. The minimum atomic E-state index is 0.293. The average Bonchev–Trinajstić information content (AvgIpc) is 2.07. The van der Waals surface area contributed by atoms with Gasteiger partial charge in [-0.2, -0.15) is 0 Å². The van der Waals surface area contributed by atoms with Crippen molar-refractivity contribution in [2.75, 3.05) is 5.32 Å². The van der Waals surface area contributed by atoms with Crippen LogP contribution in [0.1, 0.15) is 19.9 Å². The molecule has 3 heteroatoms. The molecule has 68 valence electrons. The van der Waals surface area contributed by atoms with Crippen LogP contribution in [0.5, 0.6) is 5.75 Å². The molecule has 3 nitrogen and oxygen atoms in total. The van der Waals surface area contributed by atoms with Crippen molar-refractivity contribution < 1.29 is 9.67 Å². The first-order chi connectivity index (χ1) is 6.18. The topological polar surface area (TPSA) is 36.1 Å². The standard InChI is InChI=1S/C10H12N2O/c1-7-6-8(2)12-5-3-4-9(13)10(12)11-7/h3-6,8,13H,1-2H3/p+1. The van der Waals surface area contributed by atoms with Crippen molar-refractivity contribution in [3.8, 4) is 5.75 Å². The molecule has 0 spiro atoms. The summed E-state index contributed by atoms with van der Waals surface area (Å²) in [4.78, 5) is 0. The number of nitrogens with one attached hydrogen (secondary N) is 1. The van der Waals surface area contributed by atoms with E-state index < -0.39 is 0 Å². The molecule has 0 amide bonds. The van der Waals surface area contributed by atoms with E-state index in [-0.39, 0.29) is 0 Å². The summed E-state index contributed by atoms with van der Waals surface area (Å²) < 4.78 is 2.00. The molecule has 13 heavy (non-hydrogen) atoms. The average molecular weight is 177 g/mol. The van der Waals surface area contributed by atoms with Crippen molar-refractivity contribution in [1.29, 1.82) is 0 Å². The largest absolute Gasteiger partial charge is 0.501 e. The Bertz CT molecular complexity index is 371. The summed E-state index contributed by atoms with van der Waals surface area (Å²) in [5, 5.41) is 12.7. The van der Waals surface area contributed by atoms with E-state index in [4.69, 9.17) is 0 Å². The van der Waals surface area contributed by atoms with Crippen LogP contribution in [-0.2, 0) is 0 Å². The molecule has 0 aromatic carbocycles. The Labute approximate surface area is 77.3 Å². The number of hydrogen-bond donors (Lipinski definition) is 2. The number of rotatable bonds is 0. The van der Waals surface area contributed by atoms with E-state index in [0.717, 1.165) is 11.5 Å². The van der Waals surface area contributed by atoms with E-state index in [1.54, 1.807) is 6.07 Å². The third-order valence-corrected chi connectivity index (χ3v) is 2.25. The van der Waals surface area contributed by atoms with Gasteiger partial charge in [-0.1, -0.05) is 0 Å². The van der Waals surface area contributed by atoms with Crippen LogP contribution in [0.4, 0.5) is 5.82 Å². The minimum Gasteiger partial charge on any atom is -0.501 e. The summed E-state index contributed by atoms with van der Waals surface area (Å²) in [6.07, 6.45) is 4.07. The van der Waals surface area contributed by atoms with Gasteiger partial charge in [0.15, 0.2) is 0 Å². The molecular weight excluding hydrogens is 164 g/mol. The summed E-state index contributed by atoms with van der Waals surface area (Å²) in [5.41, 5.74) is 1.08. The second-order valence-electron chi connectivity index (χ2n) is 3.36. The quantitative estimate of drug-likeness (QED) is 0.590. The molecule has 2 rings (SSSR count). The number of aromatic hydroxyl groups is 1. The Balaban J connectivity index is 2.55. The predicted octanol–water partition coefficient (Wildman–Crippen LogP) is 1.57. The smallest absolute Gasteiger partial charge is 0.322 e. The summed E-state index contributed by atoms with van der Waals surface area (Å²) in [6, 6.07) is 3.82. The van der Waals surface area contributed by atoms with Crippen LogP contribution in [0.3, 0.4) is 0 Å². The molecule has 1 unspecified atom stereocenters. The first-order valence-electron chi connectivity index (χ1n) is 4.37. The molecule has 0 fully saturated rings. The van der Waals surface area contributed by atoms with Crippen molar-refractivity contribution in [2.24, 2.45) is 0 Å². The van der Waals surface area contributed by atoms with Gasteiger partial charge in [0.1, 0.15) is 6.04 Å². The molecule has 1 aliphatic heterocycles. The van der Waals surface area contributed by atoms with Gasteiger partial charge in [0.05, 0.1) is 11.9 Å². The summed E-state index contributed by atoms with van der Waals surface area (Å²) in [6.45, 7) is 4.08. The number of anilines is 1. The van der Waals surface area contributed by atoms with Crippen molar-refractivity contribution in [1.82, 2.24) is 0 Å². The van der Waals surface area contributed by atoms with Crippen molar-refractivity contribution in [3.05, 3.63) is 30.1 Å². The third-order valence-electron chi connectivity index (χ3n) is 2.25. The van der Waals surface area contributed by atoms with Gasteiger partial charge in [0, 0.05) is 6.08 Å². The molecule has 0 saturated carbocycles. The molecule has 0 saturated heterocycles. The van der Waals surface area contributed by atoms with Crippen LogP contribution in [0.2, 0.25) is 0 Å². The third kappa shape index (κ3) is 1.26. The zero-order valence-electron chi connectivity index (χ0n) is 7.78. The van der Waals surface area contributed by atoms with E-state index in [9.17, 15) is 5.11 Å².